The van der Waals surface area contributed by atoms with E-state index in [4.69, 9.17) is 5.73 Å². The van der Waals surface area contributed by atoms with Gasteiger partial charge in [0.05, 0.1) is 0 Å². The number of carbonyl (C=O) groups excluding carboxylic acids is 1. The molecule has 0 radical (unpaired) electrons. The average Bonchev–Trinajstić information content (AvgIpc) is 1.96. The van der Waals surface area contributed by atoms with Crippen molar-refractivity contribution in [1.82, 2.24) is 5.32 Å². The van der Waals surface area contributed by atoms with Crippen LogP contribution in [0.5, 0.6) is 0 Å². The quantitative estimate of drug-likeness (QED) is 0.796. The van der Waals surface area contributed by atoms with Crippen LogP contribution in [-0.4, -0.2) is 18.0 Å². The summed E-state index contributed by atoms with van der Waals surface area (Å²) in [5.74, 6) is 0.0594. The molecule has 0 aromatic heterocycles. The first-order valence-corrected chi connectivity index (χ1v) is 6.47. The first-order chi connectivity index (χ1) is 7.42. The van der Waals surface area contributed by atoms with E-state index in [1.165, 1.54) is 0 Å². The molecular formula is C14H30N2O. The zero-order chi connectivity index (χ0) is 13.9. The Morgan fingerprint density at radius 3 is 2.00 bits per heavy atom. The largest absolute Gasteiger partial charge is 0.353 e. The van der Waals surface area contributed by atoms with E-state index in [0.29, 0.717) is 6.42 Å². The Morgan fingerprint density at radius 2 is 1.65 bits per heavy atom. The van der Waals surface area contributed by atoms with Crippen molar-refractivity contribution in [3.63, 3.8) is 0 Å². The highest BCUT2D eigenvalue weighted by Gasteiger charge is 2.23. The van der Waals surface area contributed by atoms with Gasteiger partial charge in [0.2, 0.25) is 5.91 Å². The van der Waals surface area contributed by atoms with Crippen LogP contribution in [0, 0.1) is 10.8 Å². The van der Waals surface area contributed by atoms with Gasteiger partial charge in [-0.25, -0.2) is 0 Å². The fourth-order valence-electron chi connectivity index (χ4n) is 1.61. The van der Waals surface area contributed by atoms with Crippen LogP contribution in [0.4, 0.5) is 0 Å². The lowest BCUT2D eigenvalue weighted by Crippen LogP contribution is -2.43. The molecule has 17 heavy (non-hydrogen) atoms. The van der Waals surface area contributed by atoms with Gasteiger partial charge in [0.15, 0.2) is 0 Å². The lowest BCUT2D eigenvalue weighted by Gasteiger charge is -2.29. The fraction of sp³-hybridized carbons (Fsp3) is 0.929. The topological polar surface area (TPSA) is 55.1 Å². The van der Waals surface area contributed by atoms with Gasteiger partial charge in [0, 0.05) is 18.5 Å². The summed E-state index contributed by atoms with van der Waals surface area (Å²) in [7, 11) is 0. The van der Waals surface area contributed by atoms with E-state index in [0.717, 1.165) is 6.42 Å². The van der Waals surface area contributed by atoms with Gasteiger partial charge in [-0.3, -0.25) is 4.79 Å². The van der Waals surface area contributed by atoms with Crippen LogP contribution in [0.25, 0.3) is 0 Å². The third-order valence-corrected chi connectivity index (χ3v) is 3.00. The molecular weight excluding hydrogens is 212 g/mol. The molecule has 0 spiro atoms. The molecule has 0 aromatic carbocycles. The van der Waals surface area contributed by atoms with Crippen LogP contribution in [0.2, 0.25) is 0 Å². The molecule has 102 valence electrons. The maximum absolute atomic E-state index is 11.8. The van der Waals surface area contributed by atoms with E-state index in [1.54, 1.807) is 0 Å². The molecule has 0 aliphatic rings. The fourth-order valence-corrected chi connectivity index (χ4v) is 1.61. The van der Waals surface area contributed by atoms with Crippen molar-refractivity contribution in [1.29, 1.82) is 0 Å². The summed E-state index contributed by atoms with van der Waals surface area (Å²) in [4.78, 5) is 11.8. The highest BCUT2D eigenvalue weighted by atomic mass is 16.1. The summed E-state index contributed by atoms with van der Waals surface area (Å²) in [5, 5.41) is 3.02. The molecule has 0 aliphatic heterocycles. The van der Waals surface area contributed by atoms with Crippen LogP contribution < -0.4 is 11.1 Å². The summed E-state index contributed by atoms with van der Waals surface area (Å²) < 4.78 is 0. The molecule has 3 N–H and O–H groups in total. The number of amides is 1. The van der Waals surface area contributed by atoms with Crippen LogP contribution >= 0.6 is 0 Å². The van der Waals surface area contributed by atoms with Gasteiger partial charge in [-0.1, -0.05) is 41.5 Å². The molecule has 2 atom stereocenters. The zero-order valence-electron chi connectivity index (χ0n) is 12.6. The predicted molar refractivity (Wildman–Crippen MR) is 73.7 cm³/mol. The van der Waals surface area contributed by atoms with Crippen molar-refractivity contribution in [3.8, 4) is 0 Å². The van der Waals surface area contributed by atoms with Crippen LogP contribution in [-0.2, 0) is 4.79 Å². The SMILES string of the molecule is CC(NC(=O)CC(N)CC(C)(C)C)C(C)(C)C. The third-order valence-electron chi connectivity index (χ3n) is 3.00. The first kappa shape index (κ1) is 16.4. The zero-order valence-corrected chi connectivity index (χ0v) is 12.6. The van der Waals surface area contributed by atoms with Crippen molar-refractivity contribution in [2.45, 2.75) is 73.4 Å². The van der Waals surface area contributed by atoms with E-state index in [1.807, 2.05) is 6.92 Å². The summed E-state index contributed by atoms with van der Waals surface area (Å²) in [6, 6.07) is 0.110. The smallest absolute Gasteiger partial charge is 0.221 e. The molecule has 0 aliphatic carbocycles. The molecule has 1 amide bonds. The van der Waals surface area contributed by atoms with E-state index in [9.17, 15) is 4.79 Å². The number of nitrogens with one attached hydrogen (secondary N) is 1. The molecule has 0 aromatic rings. The molecule has 0 rings (SSSR count). The molecule has 0 heterocycles. The normalized spacial score (nSPS) is 16.5. The molecule has 2 unspecified atom stereocenters. The van der Waals surface area contributed by atoms with Gasteiger partial charge in [0.1, 0.15) is 0 Å². The number of nitrogens with two attached hydrogens (primary N) is 1. The van der Waals surface area contributed by atoms with Gasteiger partial charge in [0.25, 0.3) is 0 Å². The summed E-state index contributed by atoms with van der Waals surface area (Å²) in [5.41, 5.74) is 6.25. The second-order valence-corrected chi connectivity index (χ2v) is 7.38. The van der Waals surface area contributed by atoms with E-state index >= 15 is 0 Å². The monoisotopic (exact) mass is 242 g/mol. The van der Waals surface area contributed by atoms with Crippen molar-refractivity contribution in [2.75, 3.05) is 0 Å². The highest BCUT2D eigenvalue weighted by Crippen LogP contribution is 2.22. The first-order valence-electron chi connectivity index (χ1n) is 6.47. The molecule has 3 heteroatoms. The number of rotatable bonds is 4. The van der Waals surface area contributed by atoms with Gasteiger partial charge in [-0.05, 0) is 24.2 Å². The van der Waals surface area contributed by atoms with E-state index in [2.05, 4.69) is 46.9 Å². The maximum atomic E-state index is 11.8. The summed E-state index contributed by atoms with van der Waals surface area (Å²) >= 11 is 0. The van der Waals surface area contributed by atoms with Gasteiger partial charge < -0.3 is 11.1 Å². The lowest BCUT2D eigenvalue weighted by molar-refractivity contribution is -0.122. The maximum Gasteiger partial charge on any atom is 0.221 e. The van der Waals surface area contributed by atoms with Crippen LogP contribution in [0.15, 0.2) is 0 Å². The summed E-state index contributed by atoms with van der Waals surface area (Å²) in [6.07, 6.45) is 1.28. The van der Waals surface area contributed by atoms with Crippen molar-refractivity contribution >= 4 is 5.91 Å². The van der Waals surface area contributed by atoms with Gasteiger partial charge in [-0.2, -0.15) is 0 Å². The Labute approximate surface area is 107 Å². The average molecular weight is 242 g/mol. The standard InChI is InChI=1S/C14H30N2O/c1-10(14(5,6)7)16-12(17)8-11(15)9-13(2,3)4/h10-11H,8-9,15H2,1-7H3,(H,16,17). The number of hydrogen-bond acceptors (Lipinski definition) is 2. The summed E-state index contributed by atoms with van der Waals surface area (Å²) in [6.45, 7) is 14.8. The highest BCUT2D eigenvalue weighted by molar-refractivity contribution is 5.76. The molecule has 0 bridgehead atoms. The second kappa shape index (κ2) is 5.85. The van der Waals surface area contributed by atoms with Gasteiger partial charge in [-0.15, -0.1) is 0 Å². The Balaban J connectivity index is 4.11. The number of carbonyl (C=O) groups is 1. The Bertz CT molecular complexity index is 248. The Kier molecular flexibility index (Phi) is 5.66. The minimum absolute atomic E-state index is 0.0535. The van der Waals surface area contributed by atoms with Crippen LogP contribution in [0.3, 0.4) is 0 Å². The number of hydrogen-bond donors (Lipinski definition) is 2. The molecule has 0 saturated carbocycles. The van der Waals surface area contributed by atoms with Gasteiger partial charge >= 0.3 is 0 Å². The van der Waals surface area contributed by atoms with E-state index in [-0.39, 0.29) is 28.8 Å². The molecule has 0 fully saturated rings. The van der Waals surface area contributed by atoms with Crippen molar-refractivity contribution < 1.29 is 4.79 Å². The Hall–Kier alpha value is -0.570. The Morgan fingerprint density at radius 1 is 1.18 bits per heavy atom. The lowest BCUT2D eigenvalue weighted by atomic mass is 9.86. The third kappa shape index (κ3) is 8.19. The van der Waals surface area contributed by atoms with E-state index < -0.39 is 0 Å². The van der Waals surface area contributed by atoms with Crippen LogP contribution in [0.1, 0.15) is 61.3 Å². The van der Waals surface area contributed by atoms with Crippen molar-refractivity contribution in [3.05, 3.63) is 0 Å². The van der Waals surface area contributed by atoms with Crippen molar-refractivity contribution in [2.24, 2.45) is 16.6 Å². The predicted octanol–water partition coefficient (Wildman–Crippen LogP) is 2.69. The minimum Gasteiger partial charge on any atom is -0.353 e. The molecule has 0 saturated heterocycles. The second-order valence-electron chi connectivity index (χ2n) is 7.38. The molecule has 3 nitrogen and oxygen atoms in total. The minimum atomic E-state index is -0.0535.